The van der Waals surface area contributed by atoms with Crippen LogP contribution in [0.15, 0.2) is 30.3 Å². The Bertz CT molecular complexity index is 565. The van der Waals surface area contributed by atoms with Gasteiger partial charge in [0.1, 0.15) is 0 Å². The van der Waals surface area contributed by atoms with Crippen LogP contribution in [0.5, 0.6) is 11.5 Å². The summed E-state index contributed by atoms with van der Waals surface area (Å²) in [6.45, 7) is 2.53. The predicted molar refractivity (Wildman–Crippen MR) is 72.8 cm³/mol. The Hall–Kier alpha value is -1.27. The Balaban J connectivity index is 2.13. The molecule has 0 aliphatic carbocycles. The average molecular weight is 246 g/mol. The highest BCUT2D eigenvalue weighted by atomic mass is 31.0. The van der Waals surface area contributed by atoms with Crippen molar-refractivity contribution in [2.75, 3.05) is 6.79 Å². The fourth-order valence-corrected chi connectivity index (χ4v) is 2.33. The molecule has 2 aromatic carbocycles. The molecule has 0 spiro atoms. The molecule has 3 heteroatoms. The van der Waals surface area contributed by atoms with Gasteiger partial charge in [0.15, 0.2) is 11.5 Å². The molecule has 0 saturated carbocycles. The molecular weight excluding hydrogens is 231 g/mol. The van der Waals surface area contributed by atoms with Gasteiger partial charge in [-0.3, -0.25) is 0 Å². The molecule has 17 heavy (non-hydrogen) atoms. The molecule has 88 valence electrons. The Morgan fingerprint density at radius 1 is 1.12 bits per heavy atom. The highest BCUT2D eigenvalue weighted by molar-refractivity contribution is 7.17. The topological polar surface area (TPSA) is 18.5 Å². The number of hydrogen-bond acceptors (Lipinski definition) is 2. The predicted octanol–water partition coefficient (Wildman–Crippen LogP) is 3.89. The van der Waals surface area contributed by atoms with Crippen molar-refractivity contribution in [1.29, 1.82) is 0 Å². The van der Waals surface area contributed by atoms with Gasteiger partial charge >= 0.3 is 0 Å². The van der Waals surface area contributed by atoms with E-state index in [1.807, 2.05) is 6.07 Å². The van der Waals surface area contributed by atoms with Gasteiger partial charge in [0.25, 0.3) is 0 Å². The first-order valence-corrected chi connectivity index (χ1v) is 6.53. The molecule has 3 rings (SSSR count). The van der Waals surface area contributed by atoms with Crippen molar-refractivity contribution >= 4 is 20.0 Å². The third-order valence-electron chi connectivity index (χ3n) is 3.22. The molecule has 0 fully saturated rings. The standard InChI is InChI=1S/C14H15O2P/c1-2-14(17)10-4-3-9-6-12-13(16-8-15-12)7-11(9)5-10/h3-7,14H,2,8,17H2,1H3. The minimum absolute atomic E-state index is 0.333. The highest BCUT2D eigenvalue weighted by Crippen LogP contribution is 2.37. The van der Waals surface area contributed by atoms with Crippen molar-refractivity contribution in [2.24, 2.45) is 0 Å². The summed E-state index contributed by atoms with van der Waals surface area (Å²) in [6.07, 6.45) is 1.13. The van der Waals surface area contributed by atoms with Gasteiger partial charge in [0.05, 0.1) is 0 Å². The van der Waals surface area contributed by atoms with Crippen molar-refractivity contribution in [1.82, 2.24) is 0 Å². The van der Waals surface area contributed by atoms with Crippen LogP contribution < -0.4 is 9.47 Å². The summed E-state index contributed by atoms with van der Waals surface area (Å²) in [5, 5.41) is 2.42. The summed E-state index contributed by atoms with van der Waals surface area (Å²) in [7, 11) is 2.89. The van der Waals surface area contributed by atoms with Crippen molar-refractivity contribution in [3.63, 3.8) is 0 Å². The SMILES string of the molecule is CCC(P)c1ccc2cc3c(cc2c1)OCO3. The van der Waals surface area contributed by atoms with Gasteiger partial charge in [0, 0.05) is 0 Å². The van der Waals surface area contributed by atoms with Gasteiger partial charge in [-0.05, 0) is 40.5 Å². The lowest BCUT2D eigenvalue weighted by Gasteiger charge is -2.10. The minimum atomic E-state index is 0.333. The molecule has 1 heterocycles. The van der Waals surface area contributed by atoms with E-state index in [9.17, 15) is 0 Å². The zero-order valence-corrected chi connectivity index (χ0v) is 10.9. The highest BCUT2D eigenvalue weighted by Gasteiger charge is 2.14. The molecule has 0 amide bonds. The van der Waals surface area contributed by atoms with Gasteiger partial charge in [-0.25, -0.2) is 0 Å². The van der Waals surface area contributed by atoms with Crippen LogP contribution in [-0.2, 0) is 0 Å². The van der Waals surface area contributed by atoms with Crippen LogP contribution in [0.3, 0.4) is 0 Å². The monoisotopic (exact) mass is 246 g/mol. The van der Waals surface area contributed by atoms with Crippen LogP contribution in [0.25, 0.3) is 10.8 Å². The first-order valence-electron chi connectivity index (χ1n) is 5.87. The Labute approximate surface area is 103 Å². The number of rotatable bonds is 2. The molecule has 2 aromatic rings. The van der Waals surface area contributed by atoms with E-state index in [1.54, 1.807) is 0 Å². The van der Waals surface area contributed by atoms with Crippen molar-refractivity contribution in [3.05, 3.63) is 35.9 Å². The maximum Gasteiger partial charge on any atom is 0.231 e. The summed E-state index contributed by atoms with van der Waals surface area (Å²) < 4.78 is 10.8. The average Bonchev–Trinajstić information content (AvgIpc) is 2.81. The molecule has 1 aliphatic rings. The van der Waals surface area contributed by atoms with Gasteiger partial charge in [-0.15, -0.1) is 9.24 Å². The van der Waals surface area contributed by atoms with E-state index in [-0.39, 0.29) is 0 Å². The fraction of sp³-hybridized carbons (Fsp3) is 0.286. The summed E-state index contributed by atoms with van der Waals surface area (Å²) in [5.74, 6) is 1.70. The number of hydrogen-bond donors (Lipinski definition) is 0. The van der Waals surface area contributed by atoms with Crippen LogP contribution in [-0.4, -0.2) is 6.79 Å². The molecule has 0 N–H and O–H groups in total. The van der Waals surface area contributed by atoms with Crippen LogP contribution in [0, 0.1) is 0 Å². The lowest BCUT2D eigenvalue weighted by atomic mass is 10.0. The van der Waals surface area contributed by atoms with E-state index < -0.39 is 0 Å². The van der Waals surface area contributed by atoms with Crippen LogP contribution in [0.2, 0.25) is 0 Å². The molecule has 2 nitrogen and oxygen atoms in total. The van der Waals surface area contributed by atoms with Crippen molar-refractivity contribution in [3.8, 4) is 11.5 Å². The maximum absolute atomic E-state index is 5.41. The van der Waals surface area contributed by atoms with E-state index in [0.717, 1.165) is 17.9 Å². The second kappa shape index (κ2) is 4.19. The molecule has 0 radical (unpaired) electrons. The van der Waals surface area contributed by atoms with Crippen LogP contribution in [0.1, 0.15) is 24.6 Å². The van der Waals surface area contributed by atoms with Gasteiger partial charge in [-0.2, -0.15) is 0 Å². The summed E-state index contributed by atoms with van der Waals surface area (Å²) in [5.41, 5.74) is 1.87. The summed E-state index contributed by atoms with van der Waals surface area (Å²) in [6, 6.07) is 10.7. The molecule has 2 unspecified atom stereocenters. The largest absolute Gasteiger partial charge is 0.454 e. The van der Waals surface area contributed by atoms with E-state index in [0.29, 0.717) is 12.5 Å². The van der Waals surface area contributed by atoms with Crippen molar-refractivity contribution in [2.45, 2.75) is 19.0 Å². The van der Waals surface area contributed by atoms with Crippen LogP contribution >= 0.6 is 9.24 Å². The summed E-state index contributed by atoms with van der Waals surface area (Å²) in [4.78, 5) is 0. The second-order valence-corrected chi connectivity index (χ2v) is 5.13. The third-order valence-corrected chi connectivity index (χ3v) is 4.08. The molecule has 0 saturated heterocycles. The number of benzene rings is 2. The Morgan fingerprint density at radius 3 is 2.53 bits per heavy atom. The first kappa shape index (κ1) is 10.9. The fourth-order valence-electron chi connectivity index (χ4n) is 2.12. The number of fused-ring (bicyclic) bond motifs is 2. The Morgan fingerprint density at radius 2 is 1.82 bits per heavy atom. The zero-order valence-electron chi connectivity index (χ0n) is 9.77. The van der Waals surface area contributed by atoms with Crippen molar-refractivity contribution < 1.29 is 9.47 Å². The normalized spacial score (nSPS) is 15.2. The van der Waals surface area contributed by atoms with E-state index in [4.69, 9.17) is 9.47 Å². The van der Waals surface area contributed by atoms with Gasteiger partial charge in [0.2, 0.25) is 6.79 Å². The minimum Gasteiger partial charge on any atom is -0.454 e. The molecule has 0 aromatic heterocycles. The quantitative estimate of drug-likeness (QED) is 0.748. The second-order valence-electron chi connectivity index (χ2n) is 4.33. The smallest absolute Gasteiger partial charge is 0.231 e. The maximum atomic E-state index is 5.41. The lowest BCUT2D eigenvalue weighted by molar-refractivity contribution is 0.174. The molecule has 0 bridgehead atoms. The van der Waals surface area contributed by atoms with E-state index >= 15 is 0 Å². The number of ether oxygens (including phenoxy) is 2. The third kappa shape index (κ3) is 1.87. The van der Waals surface area contributed by atoms with Crippen LogP contribution in [0.4, 0.5) is 0 Å². The van der Waals surface area contributed by atoms with E-state index in [2.05, 4.69) is 40.4 Å². The molecule has 2 atom stereocenters. The zero-order chi connectivity index (χ0) is 11.8. The molecular formula is C14H15O2P. The van der Waals surface area contributed by atoms with Gasteiger partial charge < -0.3 is 9.47 Å². The summed E-state index contributed by atoms with van der Waals surface area (Å²) >= 11 is 0. The first-order chi connectivity index (χ1) is 8.28. The van der Waals surface area contributed by atoms with E-state index in [1.165, 1.54) is 16.3 Å². The van der Waals surface area contributed by atoms with Gasteiger partial charge in [-0.1, -0.05) is 25.1 Å². The lowest BCUT2D eigenvalue weighted by Crippen LogP contribution is -1.92. The molecule has 1 aliphatic heterocycles. The Kier molecular flexibility index (Phi) is 2.68.